The zero-order valence-corrected chi connectivity index (χ0v) is 17.8. The van der Waals surface area contributed by atoms with Gasteiger partial charge in [0.05, 0.1) is 23.1 Å². The van der Waals surface area contributed by atoms with E-state index in [2.05, 4.69) is 37.7 Å². The van der Waals surface area contributed by atoms with Crippen molar-refractivity contribution in [1.82, 2.24) is 19.7 Å². The van der Waals surface area contributed by atoms with Gasteiger partial charge in [0.25, 0.3) is 0 Å². The highest BCUT2D eigenvalue weighted by molar-refractivity contribution is 5.63. The third kappa shape index (κ3) is 3.23. The highest BCUT2D eigenvalue weighted by atomic mass is 15.4. The number of pyridine rings is 2. The molecule has 0 aromatic carbocycles. The number of nitrogens with zero attached hydrogens (tertiary/aromatic N) is 7. The fourth-order valence-corrected chi connectivity index (χ4v) is 4.84. The Labute approximate surface area is 182 Å². The normalized spacial score (nSPS) is 17.8. The van der Waals surface area contributed by atoms with Gasteiger partial charge in [-0.1, -0.05) is 0 Å². The minimum atomic E-state index is 0.606. The summed E-state index contributed by atoms with van der Waals surface area (Å²) in [5.74, 6) is 2.82. The third-order valence-corrected chi connectivity index (χ3v) is 6.62. The molecule has 1 aliphatic carbocycles. The van der Waals surface area contributed by atoms with Crippen molar-refractivity contribution < 1.29 is 0 Å². The zero-order chi connectivity index (χ0) is 20.9. The monoisotopic (exact) mass is 411 g/mol. The lowest BCUT2D eigenvalue weighted by Crippen LogP contribution is -2.33. The maximum absolute atomic E-state index is 9.13. The number of hydrogen-bond donors (Lipinski definition) is 0. The zero-order valence-electron chi connectivity index (χ0n) is 17.8. The molecule has 31 heavy (non-hydrogen) atoms. The lowest BCUT2D eigenvalue weighted by Gasteiger charge is -2.33. The van der Waals surface area contributed by atoms with Crippen molar-refractivity contribution in [2.75, 3.05) is 22.9 Å². The topological polar surface area (TPSA) is 73.9 Å². The summed E-state index contributed by atoms with van der Waals surface area (Å²) in [6.45, 7) is 5.70. The lowest BCUT2D eigenvalue weighted by atomic mass is 10.0. The van der Waals surface area contributed by atoms with Crippen molar-refractivity contribution in [2.45, 2.75) is 51.6 Å². The predicted molar refractivity (Wildman–Crippen MR) is 119 cm³/mol. The summed E-state index contributed by atoms with van der Waals surface area (Å²) < 4.78 is 2.17. The van der Waals surface area contributed by atoms with Gasteiger partial charge in [0.2, 0.25) is 0 Å². The Kier molecular flexibility index (Phi) is 4.20. The summed E-state index contributed by atoms with van der Waals surface area (Å²) in [4.78, 5) is 14.1. The van der Waals surface area contributed by atoms with Gasteiger partial charge in [-0.15, -0.1) is 0 Å². The molecule has 1 fully saturated rings. The number of rotatable bonds is 3. The summed E-state index contributed by atoms with van der Waals surface area (Å²) in [7, 11) is 0. The summed E-state index contributed by atoms with van der Waals surface area (Å²) in [5, 5.41) is 14.0. The summed E-state index contributed by atoms with van der Waals surface area (Å²) in [6.07, 6.45) is 8.24. The van der Waals surface area contributed by atoms with Crippen molar-refractivity contribution >= 4 is 17.3 Å². The molecule has 3 aromatic rings. The molecule has 0 unspecified atom stereocenters. The van der Waals surface area contributed by atoms with E-state index in [9.17, 15) is 0 Å². The van der Waals surface area contributed by atoms with Crippen molar-refractivity contribution in [3.63, 3.8) is 0 Å². The molecular weight excluding hydrogens is 386 g/mol. The van der Waals surface area contributed by atoms with E-state index in [-0.39, 0.29) is 0 Å². The molecule has 3 aromatic heterocycles. The molecule has 0 atom stereocenters. The minimum Gasteiger partial charge on any atom is -0.352 e. The number of aromatic nitrogens is 4. The van der Waals surface area contributed by atoms with E-state index in [0.717, 1.165) is 56.1 Å². The molecule has 7 nitrogen and oxygen atoms in total. The second-order valence-electron chi connectivity index (χ2n) is 8.88. The van der Waals surface area contributed by atoms with Crippen LogP contribution < -0.4 is 9.80 Å². The van der Waals surface area contributed by atoms with Crippen LogP contribution in [0.3, 0.4) is 0 Å². The molecule has 0 radical (unpaired) electrons. The van der Waals surface area contributed by atoms with Gasteiger partial charge >= 0.3 is 0 Å². The smallest absolute Gasteiger partial charge is 0.131 e. The highest BCUT2D eigenvalue weighted by Gasteiger charge is 2.30. The van der Waals surface area contributed by atoms with E-state index in [1.807, 2.05) is 19.2 Å². The van der Waals surface area contributed by atoms with Crippen LogP contribution in [-0.4, -0.2) is 32.8 Å². The Bertz CT molecular complexity index is 1200. The van der Waals surface area contributed by atoms with Gasteiger partial charge in [0, 0.05) is 56.5 Å². The second-order valence-corrected chi connectivity index (χ2v) is 8.88. The quantitative estimate of drug-likeness (QED) is 0.652. The van der Waals surface area contributed by atoms with Gasteiger partial charge < -0.3 is 9.80 Å². The Morgan fingerprint density at radius 2 is 1.97 bits per heavy atom. The first-order valence-corrected chi connectivity index (χ1v) is 11.1. The molecule has 0 spiro atoms. The fraction of sp³-hybridized carbons (Fsp3) is 0.417. The molecule has 0 amide bonds. The highest BCUT2D eigenvalue weighted by Crippen LogP contribution is 2.42. The van der Waals surface area contributed by atoms with Crippen molar-refractivity contribution in [3.8, 4) is 6.07 Å². The molecule has 5 heterocycles. The number of anilines is 3. The van der Waals surface area contributed by atoms with Gasteiger partial charge in [-0.3, -0.25) is 4.98 Å². The predicted octanol–water partition coefficient (Wildman–Crippen LogP) is 3.84. The van der Waals surface area contributed by atoms with E-state index in [0.29, 0.717) is 11.5 Å². The van der Waals surface area contributed by atoms with Gasteiger partial charge in [0.15, 0.2) is 0 Å². The van der Waals surface area contributed by atoms with E-state index in [4.69, 9.17) is 15.3 Å². The molecule has 6 rings (SSSR count). The SMILES string of the molecule is Cc1cc(C#N)cnc1N1CCc2ncc(N3CCCn4nc(C5CC5)cc43)cc2C1. The maximum Gasteiger partial charge on any atom is 0.131 e. The molecule has 3 aliphatic rings. The largest absolute Gasteiger partial charge is 0.352 e. The van der Waals surface area contributed by atoms with Gasteiger partial charge in [-0.2, -0.15) is 10.4 Å². The number of hydrogen-bond acceptors (Lipinski definition) is 6. The lowest BCUT2D eigenvalue weighted by molar-refractivity contribution is 0.537. The molecule has 0 N–H and O–H groups in total. The molecule has 0 bridgehead atoms. The molecule has 156 valence electrons. The first-order chi connectivity index (χ1) is 15.2. The van der Waals surface area contributed by atoms with Crippen molar-refractivity contribution in [1.29, 1.82) is 5.26 Å². The average molecular weight is 412 g/mol. The van der Waals surface area contributed by atoms with Gasteiger partial charge in [-0.25, -0.2) is 9.67 Å². The van der Waals surface area contributed by atoms with Crippen LogP contribution in [0.4, 0.5) is 17.3 Å². The standard InChI is InChI=1S/C24H25N7/c1-16-9-17(12-25)13-27-24(16)29-8-5-21-19(15-29)10-20(14-26-21)30-6-2-7-31-23(30)11-22(28-31)18-3-4-18/h9-11,13-14,18H,2-8,15H2,1H3. The Hall–Kier alpha value is -3.40. The van der Waals surface area contributed by atoms with Crippen LogP contribution in [0.5, 0.6) is 0 Å². The molecule has 2 aliphatic heterocycles. The molecular formula is C24H25N7. The van der Waals surface area contributed by atoms with Crippen LogP contribution in [0.15, 0.2) is 30.6 Å². The van der Waals surface area contributed by atoms with E-state index >= 15 is 0 Å². The van der Waals surface area contributed by atoms with Crippen molar-refractivity contribution in [3.05, 3.63) is 58.7 Å². The Morgan fingerprint density at radius 3 is 2.77 bits per heavy atom. The first kappa shape index (κ1) is 18.4. The van der Waals surface area contributed by atoms with Crippen LogP contribution in [0, 0.1) is 18.3 Å². The van der Waals surface area contributed by atoms with Crippen molar-refractivity contribution in [2.24, 2.45) is 0 Å². The van der Waals surface area contributed by atoms with E-state index < -0.39 is 0 Å². The number of aryl methyl sites for hydroxylation is 2. The summed E-state index contributed by atoms with van der Waals surface area (Å²) in [5.41, 5.74) is 6.48. The van der Waals surface area contributed by atoms with Gasteiger partial charge in [-0.05, 0) is 49.4 Å². The summed E-state index contributed by atoms with van der Waals surface area (Å²) >= 11 is 0. The van der Waals surface area contributed by atoms with E-state index in [1.165, 1.54) is 35.6 Å². The minimum absolute atomic E-state index is 0.606. The van der Waals surface area contributed by atoms with Crippen LogP contribution in [0.25, 0.3) is 0 Å². The fourth-order valence-electron chi connectivity index (χ4n) is 4.84. The maximum atomic E-state index is 9.13. The van der Waals surface area contributed by atoms with E-state index in [1.54, 1.807) is 6.20 Å². The molecule has 1 saturated carbocycles. The molecule has 7 heteroatoms. The van der Waals surface area contributed by atoms with Crippen LogP contribution in [0.1, 0.15) is 53.3 Å². The number of fused-ring (bicyclic) bond motifs is 2. The van der Waals surface area contributed by atoms with Crippen LogP contribution in [0.2, 0.25) is 0 Å². The Morgan fingerprint density at radius 1 is 1.06 bits per heavy atom. The average Bonchev–Trinajstić information content (AvgIpc) is 3.56. The molecule has 0 saturated heterocycles. The van der Waals surface area contributed by atoms with Crippen LogP contribution in [-0.2, 0) is 19.5 Å². The van der Waals surface area contributed by atoms with Crippen LogP contribution >= 0.6 is 0 Å². The van der Waals surface area contributed by atoms with Gasteiger partial charge in [0.1, 0.15) is 17.7 Å². The second kappa shape index (κ2) is 7.09. The summed E-state index contributed by atoms with van der Waals surface area (Å²) in [6, 6.07) is 8.67. The third-order valence-electron chi connectivity index (χ3n) is 6.62. The first-order valence-electron chi connectivity index (χ1n) is 11.1. The number of nitriles is 1. The Balaban J connectivity index is 1.30.